The summed E-state index contributed by atoms with van der Waals surface area (Å²) in [4.78, 5) is 0. The van der Waals surface area contributed by atoms with Crippen LogP contribution in [0.2, 0.25) is 5.02 Å². The Labute approximate surface area is 80.6 Å². The number of nitrogens with zero attached hydrogens (tertiary/aromatic N) is 2. The molecule has 1 aromatic heterocycles. The van der Waals surface area contributed by atoms with Crippen molar-refractivity contribution in [1.82, 2.24) is 10.3 Å². The zero-order valence-corrected chi connectivity index (χ0v) is 8.17. The Morgan fingerprint density at radius 2 is 1.92 bits per heavy atom. The molecule has 2 aromatic rings. The van der Waals surface area contributed by atoms with E-state index in [4.69, 9.17) is 11.6 Å². The maximum atomic E-state index is 5.91. The van der Waals surface area contributed by atoms with Crippen molar-refractivity contribution in [2.24, 2.45) is 0 Å². The van der Waals surface area contributed by atoms with E-state index in [1.807, 2.05) is 12.1 Å². The van der Waals surface area contributed by atoms with Gasteiger partial charge in [0, 0.05) is 0 Å². The summed E-state index contributed by atoms with van der Waals surface area (Å²) in [6, 6.07) is 3.78. The van der Waals surface area contributed by atoms with Crippen molar-refractivity contribution in [2.75, 3.05) is 0 Å². The Hall–Kier alpha value is -1.09. The van der Waals surface area contributed by atoms with Gasteiger partial charge < -0.3 is 0 Å². The Kier molecular flexibility index (Phi) is 1.96. The standard InChI is InChI=1S/C9H9ClN2O/c1-5(2)6-3-4-7(10)9-8(6)11-13-12-9/h3-5H,1-2H3. The van der Waals surface area contributed by atoms with Gasteiger partial charge in [0.2, 0.25) is 0 Å². The van der Waals surface area contributed by atoms with Crippen LogP contribution >= 0.6 is 11.6 Å². The van der Waals surface area contributed by atoms with E-state index in [-0.39, 0.29) is 0 Å². The molecule has 0 N–H and O–H groups in total. The van der Waals surface area contributed by atoms with Gasteiger partial charge in [-0.05, 0) is 27.9 Å². The van der Waals surface area contributed by atoms with Crippen molar-refractivity contribution < 1.29 is 4.63 Å². The van der Waals surface area contributed by atoms with Crippen LogP contribution in [0.25, 0.3) is 11.0 Å². The van der Waals surface area contributed by atoms with E-state index in [2.05, 4.69) is 28.8 Å². The zero-order chi connectivity index (χ0) is 9.42. The molecule has 4 heteroatoms. The highest BCUT2D eigenvalue weighted by atomic mass is 35.5. The van der Waals surface area contributed by atoms with Gasteiger partial charge in [-0.15, -0.1) is 0 Å². The second kappa shape index (κ2) is 3.00. The SMILES string of the molecule is CC(C)c1ccc(Cl)c2nonc12. The fourth-order valence-corrected chi connectivity index (χ4v) is 1.51. The summed E-state index contributed by atoms with van der Waals surface area (Å²) in [6.07, 6.45) is 0. The van der Waals surface area contributed by atoms with Gasteiger partial charge in [-0.25, -0.2) is 4.63 Å². The minimum absolute atomic E-state index is 0.395. The summed E-state index contributed by atoms with van der Waals surface area (Å²) in [7, 11) is 0. The highest BCUT2D eigenvalue weighted by Gasteiger charge is 2.12. The maximum Gasteiger partial charge on any atom is 0.154 e. The third kappa shape index (κ3) is 1.29. The van der Waals surface area contributed by atoms with Crippen LogP contribution in [0.1, 0.15) is 25.3 Å². The lowest BCUT2D eigenvalue weighted by Gasteiger charge is -2.04. The van der Waals surface area contributed by atoms with Gasteiger partial charge in [0.1, 0.15) is 5.52 Å². The summed E-state index contributed by atoms with van der Waals surface area (Å²) in [6.45, 7) is 4.19. The van der Waals surface area contributed by atoms with Gasteiger partial charge in [-0.1, -0.05) is 31.5 Å². The van der Waals surface area contributed by atoms with Crippen LogP contribution in [-0.4, -0.2) is 10.3 Å². The molecule has 0 amide bonds. The van der Waals surface area contributed by atoms with Crippen LogP contribution in [0.15, 0.2) is 16.8 Å². The van der Waals surface area contributed by atoms with Crippen LogP contribution < -0.4 is 0 Å². The second-order valence-corrected chi connectivity index (χ2v) is 3.66. The highest BCUT2D eigenvalue weighted by molar-refractivity contribution is 6.34. The molecule has 2 rings (SSSR count). The Bertz CT molecular complexity index is 436. The molecule has 0 saturated carbocycles. The van der Waals surface area contributed by atoms with Crippen molar-refractivity contribution in [3.8, 4) is 0 Å². The fourth-order valence-electron chi connectivity index (χ4n) is 1.32. The lowest BCUT2D eigenvalue weighted by Crippen LogP contribution is -1.89. The molecular weight excluding hydrogens is 188 g/mol. The molecule has 0 atom stereocenters. The smallest absolute Gasteiger partial charge is 0.154 e. The molecule has 0 bridgehead atoms. The van der Waals surface area contributed by atoms with E-state index in [0.717, 1.165) is 11.1 Å². The van der Waals surface area contributed by atoms with Gasteiger partial charge >= 0.3 is 0 Å². The molecule has 0 fully saturated rings. The van der Waals surface area contributed by atoms with Crippen LogP contribution in [0.4, 0.5) is 0 Å². The van der Waals surface area contributed by atoms with Gasteiger partial charge in [0.05, 0.1) is 5.02 Å². The summed E-state index contributed by atoms with van der Waals surface area (Å²) in [5.74, 6) is 0.395. The van der Waals surface area contributed by atoms with E-state index in [1.54, 1.807) is 0 Å². The lowest BCUT2D eigenvalue weighted by molar-refractivity contribution is 0.315. The lowest BCUT2D eigenvalue weighted by atomic mass is 10.0. The molecule has 0 unspecified atom stereocenters. The molecule has 1 heterocycles. The van der Waals surface area contributed by atoms with Crippen molar-refractivity contribution in [3.63, 3.8) is 0 Å². The van der Waals surface area contributed by atoms with Crippen molar-refractivity contribution >= 4 is 22.6 Å². The Morgan fingerprint density at radius 3 is 2.62 bits per heavy atom. The first-order valence-electron chi connectivity index (χ1n) is 4.11. The quantitative estimate of drug-likeness (QED) is 0.704. The number of aromatic nitrogens is 2. The van der Waals surface area contributed by atoms with E-state index >= 15 is 0 Å². The molecule has 68 valence electrons. The third-order valence-corrected chi connectivity index (χ3v) is 2.32. The van der Waals surface area contributed by atoms with Crippen LogP contribution in [0, 0.1) is 0 Å². The van der Waals surface area contributed by atoms with Crippen molar-refractivity contribution in [3.05, 3.63) is 22.7 Å². The van der Waals surface area contributed by atoms with Crippen LogP contribution in [0.3, 0.4) is 0 Å². The molecule has 0 saturated heterocycles. The topological polar surface area (TPSA) is 38.9 Å². The Balaban J connectivity index is 2.78. The fraction of sp³-hybridized carbons (Fsp3) is 0.333. The van der Waals surface area contributed by atoms with Crippen LogP contribution in [-0.2, 0) is 0 Å². The number of hydrogen-bond acceptors (Lipinski definition) is 3. The third-order valence-electron chi connectivity index (χ3n) is 2.02. The van der Waals surface area contributed by atoms with E-state index < -0.39 is 0 Å². The predicted octanol–water partition coefficient (Wildman–Crippen LogP) is 3.00. The first kappa shape index (κ1) is 8.51. The van der Waals surface area contributed by atoms with Gasteiger partial charge in [0.25, 0.3) is 0 Å². The Morgan fingerprint density at radius 1 is 1.23 bits per heavy atom. The van der Waals surface area contributed by atoms with Gasteiger partial charge in [0.15, 0.2) is 5.52 Å². The summed E-state index contributed by atoms with van der Waals surface area (Å²) in [5.41, 5.74) is 2.52. The minimum atomic E-state index is 0.395. The maximum absolute atomic E-state index is 5.91. The van der Waals surface area contributed by atoms with Gasteiger partial charge in [-0.2, -0.15) is 0 Å². The molecule has 0 radical (unpaired) electrons. The molecule has 3 nitrogen and oxygen atoms in total. The average molecular weight is 197 g/mol. The molecule has 13 heavy (non-hydrogen) atoms. The molecule has 0 aliphatic heterocycles. The number of hydrogen-bond donors (Lipinski definition) is 0. The normalized spacial score (nSPS) is 11.4. The monoisotopic (exact) mass is 196 g/mol. The van der Waals surface area contributed by atoms with Crippen LogP contribution in [0.5, 0.6) is 0 Å². The van der Waals surface area contributed by atoms with E-state index in [9.17, 15) is 0 Å². The van der Waals surface area contributed by atoms with Crippen molar-refractivity contribution in [1.29, 1.82) is 0 Å². The number of rotatable bonds is 1. The first-order chi connectivity index (χ1) is 6.20. The predicted molar refractivity (Wildman–Crippen MR) is 50.9 cm³/mol. The number of fused-ring (bicyclic) bond motifs is 1. The molecule has 0 aliphatic carbocycles. The highest BCUT2D eigenvalue weighted by Crippen LogP contribution is 2.27. The molecule has 0 spiro atoms. The average Bonchev–Trinajstić information content (AvgIpc) is 2.53. The molecule has 0 aliphatic rings. The largest absolute Gasteiger partial charge is 0.243 e. The van der Waals surface area contributed by atoms with E-state index in [0.29, 0.717) is 16.5 Å². The van der Waals surface area contributed by atoms with E-state index in [1.165, 1.54) is 0 Å². The summed E-state index contributed by atoms with van der Waals surface area (Å²) >= 11 is 5.91. The number of halogens is 1. The summed E-state index contributed by atoms with van der Waals surface area (Å²) in [5, 5.41) is 8.16. The van der Waals surface area contributed by atoms with Crippen molar-refractivity contribution in [2.45, 2.75) is 19.8 Å². The first-order valence-corrected chi connectivity index (χ1v) is 4.48. The zero-order valence-electron chi connectivity index (χ0n) is 7.41. The molecule has 1 aromatic carbocycles. The van der Waals surface area contributed by atoms with Gasteiger partial charge in [-0.3, -0.25) is 0 Å². The minimum Gasteiger partial charge on any atom is -0.243 e. The second-order valence-electron chi connectivity index (χ2n) is 3.25. The summed E-state index contributed by atoms with van der Waals surface area (Å²) < 4.78 is 4.65. The molecular formula is C9H9ClN2O. The number of benzene rings is 1.